The first kappa shape index (κ1) is 14.4. The van der Waals surface area contributed by atoms with E-state index in [1.54, 1.807) is 0 Å². The summed E-state index contributed by atoms with van der Waals surface area (Å²) < 4.78 is 11.6. The van der Waals surface area contributed by atoms with E-state index >= 15 is 0 Å². The lowest BCUT2D eigenvalue weighted by molar-refractivity contribution is -0.0326. The summed E-state index contributed by atoms with van der Waals surface area (Å²) in [5, 5.41) is 9.72. The minimum Gasteiger partial charge on any atom is -0.491 e. The average molecular weight is 264 g/mol. The Kier molecular flexibility index (Phi) is 4.48. The third-order valence-electron chi connectivity index (χ3n) is 3.64. The van der Waals surface area contributed by atoms with Crippen molar-refractivity contribution in [1.82, 2.24) is 0 Å². The van der Waals surface area contributed by atoms with E-state index in [1.807, 2.05) is 31.2 Å². The Balaban J connectivity index is 1.84. The normalized spacial score (nSPS) is 23.3. The van der Waals surface area contributed by atoms with Crippen LogP contribution in [0.1, 0.15) is 51.7 Å². The van der Waals surface area contributed by atoms with Crippen LogP contribution in [0.2, 0.25) is 0 Å². The number of aliphatic hydroxyl groups excluding tert-OH is 1. The van der Waals surface area contributed by atoms with Crippen LogP contribution < -0.4 is 4.74 Å². The highest BCUT2D eigenvalue weighted by Crippen LogP contribution is 2.29. The summed E-state index contributed by atoms with van der Waals surface area (Å²) >= 11 is 0. The molecule has 2 rings (SSSR count). The Morgan fingerprint density at radius 1 is 1.37 bits per heavy atom. The first-order valence-corrected chi connectivity index (χ1v) is 7.09. The van der Waals surface area contributed by atoms with Gasteiger partial charge in [-0.25, -0.2) is 0 Å². The first-order chi connectivity index (χ1) is 9.00. The van der Waals surface area contributed by atoms with E-state index in [9.17, 15) is 5.11 Å². The lowest BCUT2D eigenvalue weighted by Crippen LogP contribution is -2.23. The molecule has 1 N–H and O–H groups in total. The number of hydrogen-bond acceptors (Lipinski definition) is 3. The number of ether oxygens (including phenoxy) is 2. The Hall–Kier alpha value is -1.06. The lowest BCUT2D eigenvalue weighted by atomic mass is 10.1. The largest absolute Gasteiger partial charge is 0.491 e. The van der Waals surface area contributed by atoms with Crippen LogP contribution in [0.25, 0.3) is 0 Å². The minimum atomic E-state index is -0.381. The summed E-state index contributed by atoms with van der Waals surface area (Å²) in [4.78, 5) is 0. The van der Waals surface area contributed by atoms with Gasteiger partial charge in [-0.05, 0) is 50.8 Å². The lowest BCUT2D eigenvalue weighted by Gasteiger charge is -2.19. The summed E-state index contributed by atoms with van der Waals surface area (Å²) in [5.41, 5.74) is 0.927. The van der Waals surface area contributed by atoms with Crippen LogP contribution in [0, 0.1) is 0 Å². The molecule has 0 spiro atoms. The number of aliphatic hydroxyl groups is 1. The molecule has 0 bridgehead atoms. The van der Waals surface area contributed by atoms with Crippen molar-refractivity contribution in [1.29, 1.82) is 0 Å². The van der Waals surface area contributed by atoms with Crippen LogP contribution in [-0.2, 0) is 4.74 Å². The van der Waals surface area contributed by atoms with Crippen molar-refractivity contribution in [3.63, 3.8) is 0 Å². The summed E-state index contributed by atoms with van der Waals surface area (Å²) in [7, 11) is 0. The molecular formula is C16H24O3. The molecule has 3 heteroatoms. The van der Waals surface area contributed by atoms with Crippen LogP contribution in [0.5, 0.6) is 5.75 Å². The molecule has 106 valence electrons. The third kappa shape index (κ3) is 3.95. The molecule has 2 atom stereocenters. The van der Waals surface area contributed by atoms with Gasteiger partial charge in [0.25, 0.3) is 0 Å². The van der Waals surface area contributed by atoms with Gasteiger partial charge in [-0.15, -0.1) is 0 Å². The van der Waals surface area contributed by atoms with Gasteiger partial charge in [0.05, 0.1) is 17.8 Å². The minimum absolute atomic E-state index is 0.0108. The molecule has 1 aromatic carbocycles. The van der Waals surface area contributed by atoms with Crippen molar-refractivity contribution in [2.45, 2.75) is 57.8 Å². The van der Waals surface area contributed by atoms with Gasteiger partial charge in [0.15, 0.2) is 0 Å². The summed E-state index contributed by atoms with van der Waals surface area (Å²) in [6, 6.07) is 7.66. The van der Waals surface area contributed by atoms with Gasteiger partial charge >= 0.3 is 0 Å². The second-order valence-corrected chi connectivity index (χ2v) is 5.84. The molecule has 0 saturated carbocycles. The zero-order valence-corrected chi connectivity index (χ0v) is 12.1. The summed E-state index contributed by atoms with van der Waals surface area (Å²) in [6.45, 7) is 6.80. The van der Waals surface area contributed by atoms with E-state index < -0.39 is 0 Å². The molecule has 1 fully saturated rings. The van der Waals surface area contributed by atoms with Gasteiger partial charge in [-0.3, -0.25) is 0 Å². The van der Waals surface area contributed by atoms with E-state index in [1.165, 1.54) is 0 Å². The summed E-state index contributed by atoms with van der Waals surface area (Å²) in [6.07, 6.45) is 2.68. The second-order valence-electron chi connectivity index (χ2n) is 5.84. The molecule has 3 nitrogen and oxygen atoms in total. The van der Waals surface area contributed by atoms with Gasteiger partial charge < -0.3 is 14.6 Å². The number of rotatable bonds is 5. The molecule has 0 aromatic heterocycles. The highest BCUT2D eigenvalue weighted by Gasteiger charge is 2.31. The van der Waals surface area contributed by atoms with E-state index in [2.05, 4.69) is 13.8 Å². The maximum absolute atomic E-state index is 9.72. The van der Waals surface area contributed by atoms with E-state index in [0.717, 1.165) is 30.6 Å². The van der Waals surface area contributed by atoms with Crippen LogP contribution in [0.15, 0.2) is 24.3 Å². The predicted molar refractivity (Wildman–Crippen MR) is 75.4 cm³/mol. The molecule has 2 unspecified atom stereocenters. The molecule has 0 aliphatic carbocycles. The predicted octanol–water partition coefficient (Wildman–Crippen LogP) is 3.47. The zero-order chi connectivity index (χ0) is 13.9. The zero-order valence-electron chi connectivity index (χ0n) is 12.1. The van der Waals surface area contributed by atoms with Gasteiger partial charge in [0.2, 0.25) is 0 Å². The molecule has 0 radical (unpaired) electrons. The smallest absolute Gasteiger partial charge is 0.119 e. The van der Waals surface area contributed by atoms with Gasteiger partial charge in [0, 0.05) is 0 Å². The Bertz CT molecular complexity index is 397. The van der Waals surface area contributed by atoms with Crippen molar-refractivity contribution in [2.24, 2.45) is 0 Å². The van der Waals surface area contributed by atoms with Crippen LogP contribution in [0.4, 0.5) is 0 Å². The van der Waals surface area contributed by atoms with Crippen LogP contribution in [-0.4, -0.2) is 23.4 Å². The second kappa shape index (κ2) is 5.93. The quantitative estimate of drug-likeness (QED) is 0.885. The maximum atomic E-state index is 9.72. The molecule has 1 heterocycles. The monoisotopic (exact) mass is 264 g/mol. The van der Waals surface area contributed by atoms with Crippen molar-refractivity contribution >= 4 is 0 Å². The molecule has 19 heavy (non-hydrogen) atoms. The Morgan fingerprint density at radius 2 is 2.05 bits per heavy atom. The topological polar surface area (TPSA) is 38.7 Å². The maximum Gasteiger partial charge on any atom is 0.119 e. The van der Waals surface area contributed by atoms with Gasteiger partial charge in [-0.1, -0.05) is 19.1 Å². The number of benzene rings is 1. The van der Waals surface area contributed by atoms with E-state index in [4.69, 9.17) is 9.47 Å². The SMILES string of the molecule is CCC(O)c1ccc(OCC2CCC(C)(C)O2)cc1. The fourth-order valence-electron chi connectivity index (χ4n) is 2.41. The van der Waals surface area contributed by atoms with Crippen molar-refractivity contribution in [2.75, 3.05) is 6.61 Å². The van der Waals surface area contributed by atoms with Crippen molar-refractivity contribution in [3.8, 4) is 5.75 Å². The van der Waals surface area contributed by atoms with Gasteiger partial charge in [0.1, 0.15) is 12.4 Å². The van der Waals surface area contributed by atoms with Crippen LogP contribution in [0.3, 0.4) is 0 Å². The molecule has 1 aliphatic heterocycles. The fraction of sp³-hybridized carbons (Fsp3) is 0.625. The fourth-order valence-corrected chi connectivity index (χ4v) is 2.41. The highest BCUT2D eigenvalue weighted by molar-refractivity contribution is 5.28. The number of hydrogen-bond donors (Lipinski definition) is 1. The van der Waals surface area contributed by atoms with Gasteiger partial charge in [-0.2, -0.15) is 0 Å². The van der Waals surface area contributed by atoms with Crippen LogP contribution >= 0.6 is 0 Å². The molecular weight excluding hydrogens is 240 g/mol. The summed E-state index contributed by atoms with van der Waals surface area (Å²) in [5.74, 6) is 0.834. The standard InChI is InChI=1S/C16H24O3/c1-4-15(17)12-5-7-13(8-6-12)18-11-14-9-10-16(2,3)19-14/h5-8,14-15,17H,4,9-11H2,1-3H3. The molecule has 1 aliphatic rings. The Labute approximate surface area is 115 Å². The highest BCUT2D eigenvalue weighted by atomic mass is 16.6. The molecule has 1 saturated heterocycles. The molecule has 1 aromatic rings. The average Bonchev–Trinajstić information content (AvgIpc) is 2.76. The van der Waals surface area contributed by atoms with Crippen molar-refractivity contribution < 1.29 is 14.6 Å². The third-order valence-corrected chi connectivity index (χ3v) is 3.64. The Morgan fingerprint density at radius 3 is 2.58 bits per heavy atom. The van der Waals surface area contributed by atoms with E-state index in [0.29, 0.717) is 6.61 Å². The van der Waals surface area contributed by atoms with E-state index in [-0.39, 0.29) is 17.8 Å². The first-order valence-electron chi connectivity index (χ1n) is 7.09. The molecule has 0 amide bonds. The van der Waals surface area contributed by atoms with Crippen molar-refractivity contribution in [3.05, 3.63) is 29.8 Å².